The summed E-state index contributed by atoms with van der Waals surface area (Å²) < 4.78 is 23.6. The van der Waals surface area contributed by atoms with E-state index in [-0.39, 0.29) is 20.8 Å². The molecule has 0 spiro atoms. The van der Waals surface area contributed by atoms with Gasteiger partial charge in [0, 0.05) is 57.2 Å². The smallest absolute Gasteiger partial charge is 0.327 e. The first-order valence-corrected chi connectivity index (χ1v) is 18.2. The van der Waals surface area contributed by atoms with Crippen molar-refractivity contribution in [3.63, 3.8) is 0 Å². The highest BCUT2D eigenvalue weighted by Crippen LogP contribution is 2.38. The second-order valence-electron chi connectivity index (χ2n) is 11.0. The molecular weight excluding hydrogens is 708 g/mol. The van der Waals surface area contributed by atoms with Crippen LogP contribution in [-0.2, 0) is 13.8 Å². The highest BCUT2D eigenvalue weighted by molar-refractivity contribution is 14.1. The standard InChI is InChI=1S/C35H44ClINO3PS/c1-6-7-17-33(36)26(3)22-38(23-31(28-14-9-8-10-15-28)30-16-12-11-13-25(30)2)27(4)18-19-40-29-20-34(37)32(24-41-42-39)35(21-29)43-5/h6-17,21,25,27,29-31H,3,18-20,22-24H2,1-2,4-5H3/b7-6-,33-17+/t25?,27-,29?,30?,31?/m1/s1. The van der Waals surface area contributed by atoms with Crippen molar-refractivity contribution in [1.82, 2.24) is 4.90 Å². The number of thioether (sulfide) groups is 1. The van der Waals surface area contributed by atoms with Gasteiger partial charge in [-0.25, -0.2) is 4.57 Å². The van der Waals surface area contributed by atoms with Crippen molar-refractivity contribution < 1.29 is 13.8 Å². The lowest BCUT2D eigenvalue weighted by Gasteiger charge is -2.38. The number of benzene rings is 1. The molecule has 5 atom stereocenters. The average molecular weight is 752 g/mol. The zero-order valence-corrected chi connectivity index (χ0v) is 30.2. The summed E-state index contributed by atoms with van der Waals surface area (Å²) in [7, 11) is -0.295. The topological polar surface area (TPSA) is 38.8 Å². The summed E-state index contributed by atoms with van der Waals surface area (Å²) in [6.45, 7) is 13.5. The first-order chi connectivity index (χ1) is 20.8. The molecule has 2 aliphatic carbocycles. The third-order valence-corrected chi connectivity index (χ3v) is 10.6. The number of allylic oxidation sites excluding steroid dienone is 7. The Morgan fingerprint density at radius 2 is 2.02 bits per heavy atom. The minimum atomic E-state index is -0.295. The summed E-state index contributed by atoms with van der Waals surface area (Å²) in [5, 5.41) is 0.686. The zero-order chi connectivity index (χ0) is 31.2. The van der Waals surface area contributed by atoms with Crippen LogP contribution in [0.2, 0.25) is 0 Å². The summed E-state index contributed by atoms with van der Waals surface area (Å²) in [5.74, 6) is 1.16. The van der Waals surface area contributed by atoms with E-state index in [0.29, 0.717) is 42.5 Å². The Bertz CT molecular complexity index is 1260. The van der Waals surface area contributed by atoms with Gasteiger partial charge in [-0.15, -0.1) is 11.8 Å². The van der Waals surface area contributed by atoms with Crippen LogP contribution in [0.3, 0.4) is 0 Å². The molecule has 4 nitrogen and oxygen atoms in total. The maximum absolute atomic E-state index is 10.8. The van der Waals surface area contributed by atoms with Gasteiger partial charge in [0.25, 0.3) is 0 Å². The van der Waals surface area contributed by atoms with E-state index in [1.54, 1.807) is 11.8 Å². The molecule has 3 rings (SSSR count). The van der Waals surface area contributed by atoms with Crippen LogP contribution in [0, 0.1) is 11.8 Å². The predicted molar refractivity (Wildman–Crippen MR) is 194 cm³/mol. The minimum absolute atomic E-state index is 0.00815. The molecule has 2 aliphatic rings. The first-order valence-electron chi connectivity index (χ1n) is 14.8. The van der Waals surface area contributed by atoms with E-state index in [1.165, 1.54) is 9.14 Å². The lowest BCUT2D eigenvalue weighted by atomic mass is 9.76. The fraction of sp³-hybridized carbons (Fsp3) is 0.429. The van der Waals surface area contributed by atoms with Crippen molar-refractivity contribution in [3.05, 3.63) is 116 Å². The van der Waals surface area contributed by atoms with Crippen molar-refractivity contribution >= 4 is 54.6 Å². The molecule has 0 saturated heterocycles. The number of nitrogens with zero attached hydrogens (tertiary/aromatic N) is 1. The van der Waals surface area contributed by atoms with Gasteiger partial charge in [0.05, 0.1) is 12.7 Å². The van der Waals surface area contributed by atoms with Crippen molar-refractivity contribution in [2.45, 2.75) is 51.7 Å². The van der Waals surface area contributed by atoms with E-state index in [4.69, 9.17) is 20.9 Å². The van der Waals surface area contributed by atoms with Gasteiger partial charge in [-0.2, -0.15) is 0 Å². The predicted octanol–water partition coefficient (Wildman–Crippen LogP) is 10.4. The molecule has 0 heterocycles. The second kappa shape index (κ2) is 19.3. The molecule has 1 aromatic carbocycles. The average Bonchev–Trinajstić information content (AvgIpc) is 3.01. The minimum Gasteiger partial charge on any atom is -0.374 e. The number of ether oxygens (including phenoxy) is 1. The number of hydrogen-bond donors (Lipinski definition) is 0. The van der Waals surface area contributed by atoms with Gasteiger partial charge in [-0.05, 0) is 84.2 Å². The Morgan fingerprint density at radius 3 is 2.70 bits per heavy atom. The van der Waals surface area contributed by atoms with Crippen molar-refractivity contribution in [3.8, 4) is 0 Å². The Hall–Kier alpha value is -1.25. The maximum Gasteiger partial charge on any atom is 0.327 e. The molecule has 0 aliphatic heterocycles. The lowest BCUT2D eigenvalue weighted by molar-refractivity contribution is 0.0641. The highest BCUT2D eigenvalue weighted by Gasteiger charge is 2.30. The van der Waals surface area contributed by atoms with E-state index in [0.717, 1.165) is 35.4 Å². The molecule has 0 bridgehead atoms. The molecule has 232 valence electrons. The largest absolute Gasteiger partial charge is 0.374 e. The van der Waals surface area contributed by atoms with Gasteiger partial charge in [0.15, 0.2) is 0 Å². The first kappa shape index (κ1) is 36.2. The Morgan fingerprint density at radius 1 is 1.28 bits per heavy atom. The molecule has 0 aromatic heterocycles. The van der Waals surface area contributed by atoms with Crippen molar-refractivity contribution in [2.24, 2.45) is 11.8 Å². The van der Waals surface area contributed by atoms with Crippen LogP contribution in [-0.4, -0.2) is 49.6 Å². The van der Waals surface area contributed by atoms with Gasteiger partial charge in [0.1, 0.15) is 0 Å². The van der Waals surface area contributed by atoms with Gasteiger partial charge in [0.2, 0.25) is 0 Å². The van der Waals surface area contributed by atoms with E-state index < -0.39 is 0 Å². The van der Waals surface area contributed by atoms with E-state index >= 15 is 0 Å². The van der Waals surface area contributed by atoms with Crippen molar-refractivity contribution in [2.75, 3.05) is 32.6 Å². The lowest BCUT2D eigenvalue weighted by Crippen LogP contribution is -2.41. The molecule has 4 unspecified atom stereocenters. The van der Waals surface area contributed by atoms with E-state index in [2.05, 4.69) is 115 Å². The van der Waals surface area contributed by atoms with Crippen LogP contribution in [0.1, 0.15) is 45.1 Å². The molecule has 0 N–H and O–H groups in total. The summed E-state index contributed by atoms with van der Waals surface area (Å²) in [4.78, 5) is 3.66. The quantitative estimate of drug-likeness (QED) is 0.0900. The van der Waals surface area contributed by atoms with Gasteiger partial charge >= 0.3 is 8.69 Å². The van der Waals surface area contributed by atoms with E-state index in [9.17, 15) is 4.57 Å². The molecular formula is C35H44ClINO3PS. The van der Waals surface area contributed by atoms with E-state index in [1.807, 2.05) is 25.2 Å². The summed E-state index contributed by atoms with van der Waals surface area (Å²) in [6.07, 6.45) is 20.8. The maximum atomic E-state index is 10.8. The monoisotopic (exact) mass is 751 g/mol. The SMILES string of the molecule is C=C(CN(CC(c1ccccc1)C1C=CC=CC1C)[C@H](C)CCOC1C=C(SC)C(COP=O)=C(I)C1)/C(Cl)=C\C=C/C. The molecule has 0 amide bonds. The molecule has 8 heteroatoms. The molecule has 0 radical (unpaired) electrons. The summed E-state index contributed by atoms with van der Waals surface area (Å²) in [6, 6.07) is 11.1. The van der Waals surface area contributed by atoms with Gasteiger partial charge in [-0.3, -0.25) is 9.42 Å². The van der Waals surface area contributed by atoms with Crippen LogP contribution >= 0.6 is 54.6 Å². The second-order valence-corrected chi connectivity index (χ2v) is 14.0. The molecule has 0 fully saturated rings. The fourth-order valence-corrected chi connectivity index (χ4v) is 7.62. The van der Waals surface area contributed by atoms with Gasteiger partial charge < -0.3 is 4.74 Å². The van der Waals surface area contributed by atoms with Crippen LogP contribution < -0.4 is 0 Å². The summed E-state index contributed by atoms with van der Waals surface area (Å²) in [5.41, 5.74) is 3.37. The molecule has 1 aromatic rings. The van der Waals surface area contributed by atoms with Crippen molar-refractivity contribution in [1.29, 1.82) is 0 Å². The van der Waals surface area contributed by atoms with Crippen LogP contribution in [0.4, 0.5) is 0 Å². The summed E-state index contributed by atoms with van der Waals surface area (Å²) >= 11 is 10.7. The molecule has 43 heavy (non-hydrogen) atoms. The Kier molecular flexibility index (Phi) is 16.3. The van der Waals surface area contributed by atoms with Crippen LogP contribution in [0.25, 0.3) is 0 Å². The third kappa shape index (κ3) is 11.2. The Labute approximate surface area is 283 Å². The number of rotatable bonds is 17. The normalized spacial score (nSPS) is 22.4. The van der Waals surface area contributed by atoms with Crippen LogP contribution in [0.15, 0.2) is 110 Å². The number of halogens is 2. The fourth-order valence-electron chi connectivity index (χ4n) is 5.53. The zero-order valence-electron chi connectivity index (χ0n) is 25.6. The number of hydrogen-bond acceptors (Lipinski definition) is 5. The Balaban J connectivity index is 1.77. The van der Waals surface area contributed by atoms with Crippen LogP contribution in [0.5, 0.6) is 0 Å². The third-order valence-electron chi connectivity index (χ3n) is 8.07. The molecule has 0 saturated carbocycles. The highest BCUT2D eigenvalue weighted by atomic mass is 127. The van der Waals surface area contributed by atoms with Gasteiger partial charge in [-0.1, -0.05) is 91.9 Å².